The molecule has 0 bridgehead atoms. The first-order chi connectivity index (χ1) is 9.56. The van der Waals surface area contributed by atoms with Gasteiger partial charge in [-0.25, -0.2) is 9.59 Å². The second-order valence-corrected chi connectivity index (χ2v) is 3.71. The molecule has 108 valence electrons. The van der Waals surface area contributed by atoms with Crippen LogP contribution in [0.4, 0.5) is 4.79 Å². The van der Waals surface area contributed by atoms with Crippen molar-refractivity contribution in [3.05, 3.63) is 29.8 Å². The fourth-order valence-electron chi connectivity index (χ4n) is 1.32. The van der Waals surface area contributed by atoms with Crippen LogP contribution in [0.25, 0.3) is 0 Å². The first-order valence-electron chi connectivity index (χ1n) is 5.95. The summed E-state index contributed by atoms with van der Waals surface area (Å²) >= 11 is 0. The molecular formula is C13H16N2O5. The van der Waals surface area contributed by atoms with Crippen LogP contribution in [0.3, 0.4) is 0 Å². The molecule has 0 heterocycles. The fourth-order valence-corrected chi connectivity index (χ4v) is 1.32. The van der Waals surface area contributed by atoms with Gasteiger partial charge in [0.05, 0.1) is 12.7 Å². The molecule has 0 aliphatic rings. The van der Waals surface area contributed by atoms with Crippen LogP contribution in [0.2, 0.25) is 0 Å². The van der Waals surface area contributed by atoms with E-state index in [1.165, 1.54) is 31.4 Å². The van der Waals surface area contributed by atoms with Crippen LogP contribution in [-0.2, 0) is 9.53 Å². The second kappa shape index (κ2) is 7.78. The minimum atomic E-state index is -0.567. The standard InChI is InChI=1S/C13H16N2O5/c1-3-14-13(18)15-11(16)8-20-10-6-4-9(5-7-10)12(17)19-2/h4-7H,3,8H2,1-2H3,(H2,14,15,16,18). The SMILES string of the molecule is CCNC(=O)NC(=O)COc1ccc(C(=O)OC)cc1. The van der Waals surface area contributed by atoms with E-state index >= 15 is 0 Å². The number of rotatable bonds is 5. The third-order valence-corrected chi connectivity index (χ3v) is 2.24. The van der Waals surface area contributed by atoms with Gasteiger partial charge in [-0.2, -0.15) is 0 Å². The lowest BCUT2D eigenvalue weighted by atomic mass is 10.2. The van der Waals surface area contributed by atoms with Gasteiger partial charge in [-0.3, -0.25) is 10.1 Å². The highest BCUT2D eigenvalue weighted by molar-refractivity contribution is 5.95. The maximum Gasteiger partial charge on any atom is 0.337 e. The summed E-state index contributed by atoms with van der Waals surface area (Å²) < 4.78 is 9.72. The number of hydrogen-bond donors (Lipinski definition) is 2. The van der Waals surface area contributed by atoms with Gasteiger partial charge < -0.3 is 14.8 Å². The highest BCUT2D eigenvalue weighted by Crippen LogP contribution is 2.12. The number of benzene rings is 1. The second-order valence-electron chi connectivity index (χ2n) is 3.71. The highest BCUT2D eigenvalue weighted by Gasteiger charge is 2.08. The predicted octanol–water partition coefficient (Wildman–Crippen LogP) is 0.698. The van der Waals surface area contributed by atoms with Crippen LogP contribution in [-0.4, -0.2) is 38.2 Å². The summed E-state index contributed by atoms with van der Waals surface area (Å²) in [6.45, 7) is 1.87. The summed E-state index contributed by atoms with van der Waals surface area (Å²) in [5, 5.41) is 4.52. The summed E-state index contributed by atoms with van der Waals surface area (Å²) in [6, 6.07) is 5.53. The van der Waals surface area contributed by atoms with E-state index < -0.39 is 17.9 Å². The molecule has 0 saturated carbocycles. The lowest BCUT2D eigenvalue weighted by Crippen LogP contribution is -2.41. The van der Waals surface area contributed by atoms with Gasteiger partial charge >= 0.3 is 12.0 Å². The number of ether oxygens (including phenoxy) is 2. The molecule has 1 rings (SSSR count). The number of urea groups is 1. The number of carbonyl (C=O) groups excluding carboxylic acids is 3. The molecule has 0 aliphatic carbocycles. The summed E-state index contributed by atoms with van der Waals surface area (Å²) in [5.41, 5.74) is 0.381. The average Bonchev–Trinajstić information content (AvgIpc) is 2.45. The van der Waals surface area contributed by atoms with Gasteiger partial charge in [-0.15, -0.1) is 0 Å². The van der Waals surface area contributed by atoms with Crippen LogP contribution in [0.5, 0.6) is 5.75 Å². The minimum Gasteiger partial charge on any atom is -0.484 e. The van der Waals surface area contributed by atoms with Crippen molar-refractivity contribution in [1.82, 2.24) is 10.6 Å². The number of imide groups is 1. The van der Waals surface area contributed by atoms with Crippen molar-refractivity contribution in [2.75, 3.05) is 20.3 Å². The van der Waals surface area contributed by atoms with E-state index in [4.69, 9.17) is 4.74 Å². The van der Waals surface area contributed by atoms with Gasteiger partial charge in [-0.1, -0.05) is 0 Å². The van der Waals surface area contributed by atoms with E-state index in [1.54, 1.807) is 6.92 Å². The van der Waals surface area contributed by atoms with Gasteiger partial charge in [0.2, 0.25) is 0 Å². The number of carbonyl (C=O) groups is 3. The molecular weight excluding hydrogens is 264 g/mol. The lowest BCUT2D eigenvalue weighted by molar-refractivity contribution is -0.122. The van der Waals surface area contributed by atoms with Crippen LogP contribution < -0.4 is 15.4 Å². The van der Waals surface area contributed by atoms with E-state index in [-0.39, 0.29) is 6.61 Å². The zero-order valence-electron chi connectivity index (χ0n) is 11.3. The summed E-state index contributed by atoms with van der Waals surface area (Å²) in [5.74, 6) is -0.609. The molecule has 7 nitrogen and oxygen atoms in total. The first kappa shape index (κ1) is 15.5. The van der Waals surface area contributed by atoms with Crippen molar-refractivity contribution in [2.24, 2.45) is 0 Å². The van der Waals surface area contributed by atoms with E-state index in [0.717, 1.165) is 0 Å². The Balaban J connectivity index is 2.44. The average molecular weight is 280 g/mol. The number of methoxy groups -OCH3 is 1. The van der Waals surface area contributed by atoms with E-state index in [0.29, 0.717) is 17.9 Å². The minimum absolute atomic E-state index is 0.297. The lowest BCUT2D eigenvalue weighted by Gasteiger charge is -2.07. The zero-order chi connectivity index (χ0) is 15.0. The number of hydrogen-bond acceptors (Lipinski definition) is 5. The third-order valence-electron chi connectivity index (χ3n) is 2.24. The third kappa shape index (κ3) is 4.97. The molecule has 7 heteroatoms. The summed E-state index contributed by atoms with van der Waals surface area (Å²) in [4.78, 5) is 33.6. The fraction of sp³-hybridized carbons (Fsp3) is 0.308. The van der Waals surface area contributed by atoms with E-state index in [1.807, 2.05) is 0 Å². The Hall–Kier alpha value is -2.57. The topological polar surface area (TPSA) is 93.7 Å². The molecule has 2 N–H and O–H groups in total. The summed E-state index contributed by atoms with van der Waals surface area (Å²) in [7, 11) is 1.29. The molecule has 0 radical (unpaired) electrons. The van der Waals surface area contributed by atoms with E-state index in [2.05, 4.69) is 15.4 Å². The Morgan fingerprint density at radius 2 is 1.80 bits per heavy atom. The van der Waals surface area contributed by atoms with Gasteiger partial charge in [-0.05, 0) is 31.2 Å². The molecule has 0 atom stereocenters. The van der Waals surface area contributed by atoms with Gasteiger partial charge in [0.25, 0.3) is 5.91 Å². The summed E-state index contributed by atoms with van der Waals surface area (Å²) in [6.07, 6.45) is 0. The molecule has 0 unspecified atom stereocenters. The predicted molar refractivity (Wildman–Crippen MR) is 70.5 cm³/mol. The maximum absolute atomic E-state index is 11.4. The Labute approximate surface area is 116 Å². The highest BCUT2D eigenvalue weighted by atomic mass is 16.5. The number of esters is 1. The monoisotopic (exact) mass is 280 g/mol. The molecule has 0 aliphatic heterocycles. The van der Waals surface area contributed by atoms with E-state index in [9.17, 15) is 14.4 Å². The normalized spacial score (nSPS) is 9.50. The number of nitrogens with one attached hydrogen (secondary N) is 2. The van der Waals surface area contributed by atoms with Crippen molar-refractivity contribution < 1.29 is 23.9 Å². The molecule has 3 amide bonds. The van der Waals surface area contributed by atoms with Crippen molar-refractivity contribution in [3.8, 4) is 5.75 Å². The molecule has 1 aromatic carbocycles. The molecule has 0 saturated heterocycles. The Morgan fingerprint density at radius 3 is 2.35 bits per heavy atom. The molecule has 1 aromatic rings. The van der Waals surface area contributed by atoms with Crippen LogP contribution >= 0.6 is 0 Å². The maximum atomic E-state index is 11.4. The van der Waals surface area contributed by atoms with Crippen molar-refractivity contribution in [3.63, 3.8) is 0 Å². The molecule has 0 spiro atoms. The quantitative estimate of drug-likeness (QED) is 0.774. The largest absolute Gasteiger partial charge is 0.484 e. The van der Waals surface area contributed by atoms with Crippen LogP contribution in [0.1, 0.15) is 17.3 Å². The van der Waals surface area contributed by atoms with Gasteiger partial charge in [0, 0.05) is 6.54 Å². The van der Waals surface area contributed by atoms with Crippen LogP contribution in [0, 0.1) is 0 Å². The first-order valence-corrected chi connectivity index (χ1v) is 5.95. The van der Waals surface area contributed by atoms with Crippen LogP contribution in [0.15, 0.2) is 24.3 Å². The number of amides is 3. The molecule has 20 heavy (non-hydrogen) atoms. The van der Waals surface area contributed by atoms with Crippen molar-refractivity contribution >= 4 is 17.9 Å². The van der Waals surface area contributed by atoms with Gasteiger partial charge in [0.1, 0.15) is 5.75 Å². The van der Waals surface area contributed by atoms with Crippen molar-refractivity contribution in [2.45, 2.75) is 6.92 Å². The Bertz CT molecular complexity index is 484. The molecule has 0 fully saturated rings. The molecule has 0 aromatic heterocycles. The van der Waals surface area contributed by atoms with Crippen molar-refractivity contribution in [1.29, 1.82) is 0 Å². The van der Waals surface area contributed by atoms with Gasteiger partial charge in [0.15, 0.2) is 6.61 Å². The smallest absolute Gasteiger partial charge is 0.337 e. The Morgan fingerprint density at radius 1 is 1.15 bits per heavy atom. The zero-order valence-corrected chi connectivity index (χ0v) is 11.3. The Kier molecular flexibility index (Phi) is 6.02.